The van der Waals surface area contributed by atoms with E-state index in [0.717, 1.165) is 29.1 Å². The first-order chi connectivity index (χ1) is 12.1. The number of ether oxygens (including phenoxy) is 1. The molecule has 128 valence electrons. The second-order valence-corrected chi connectivity index (χ2v) is 6.62. The van der Waals surface area contributed by atoms with Gasteiger partial charge in [0.25, 0.3) is 0 Å². The summed E-state index contributed by atoms with van der Waals surface area (Å²) in [5.74, 6) is 1.56. The van der Waals surface area contributed by atoms with Crippen LogP contribution in [0.25, 0.3) is 27.4 Å². The van der Waals surface area contributed by atoms with E-state index in [1.54, 1.807) is 12.4 Å². The lowest BCUT2D eigenvalue weighted by Gasteiger charge is -2.28. The predicted molar refractivity (Wildman–Crippen MR) is 97.5 cm³/mol. The SMILES string of the molecule is C=C(O)c1cc2nc(-c3cnc(N)nc3)nc(N3CCOCC3)c2s1. The zero-order chi connectivity index (χ0) is 17.4. The predicted octanol–water partition coefficient (Wildman–Crippen LogP) is 2.10. The van der Waals surface area contributed by atoms with Gasteiger partial charge in [-0.15, -0.1) is 11.3 Å². The number of aliphatic hydroxyl groups is 1. The van der Waals surface area contributed by atoms with Crippen molar-refractivity contribution in [2.45, 2.75) is 0 Å². The number of rotatable bonds is 3. The number of hydrogen-bond donors (Lipinski definition) is 2. The fourth-order valence-electron chi connectivity index (χ4n) is 2.63. The Hall–Kier alpha value is -2.78. The third-order valence-corrected chi connectivity index (χ3v) is 5.05. The third kappa shape index (κ3) is 2.99. The maximum Gasteiger partial charge on any atom is 0.219 e. The van der Waals surface area contributed by atoms with Gasteiger partial charge in [0.15, 0.2) is 11.6 Å². The third-order valence-electron chi connectivity index (χ3n) is 3.88. The minimum atomic E-state index is 0.0216. The topological polar surface area (TPSA) is 110 Å². The van der Waals surface area contributed by atoms with Gasteiger partial charge in [0, 0.05) is 25.5 Å². The Morgan fingerprint density at radius 3 is 2.64 bits per heavy atom. The van der Waals surface area contributed by atoms with Crippen LogP contribution in [0.4, 0.5) is 11.8 Å². The summed E-state index contributed by atoms with van der Waals surface area (Å²) in [4.78, 5) is 20.2. The summed E-state index contributed by atoms with van der Waals surface area (Å²) >= 11 is 1.42. The van der Waals surface area contributed by atoms with Gasteiger partial charge in [-0.3, -0.25) is 0 Å². The van der Waals surface area contributed by atoms with Gasteiger partial charge < -0.3 is 20.5 Å². The van der Waals surface area contributed by atoms with Gasteiger partial charge >= 0.3 is 0 Å². The minimum absolute atomic E-state index is 0.0216. The Kier molecular flexibility index (Phi) is 3.94. The first kappa shape index (κ1) is 15.7. The minimum Gasteiger partial charge on any atom is -0.507 e. The molecular formula is C16H16N6O2S. The van der Waals surface area contributed by atoms with Crippen LogP contribution in [0.2, 0.25) is 0 Å². The van der Waals surface area contributed by atoms with E-state index in [1.165, 1.54) is 11.3 Å². The molecule has 1 saturated heterocycles. The van der Waals surface area contributed by atoms with Crippen LogP contribution < -0.4 is 10.6 Å². The van der Waals surface area contributed by atoms with E-state index in [-0.39, 0.29) is 11.7 Å². The molecule has 8 nitrogen and oxygen atoms in total. The van der Waals surface area contributed by atoms with E-state index in [1.807, 2.05) is 6.07 Å². The number of nitrogens with two attached hydrogens (primary N) is 1. The maximum atomic E-state index is 9.74. The number of nitrogens with zero attached hydrogens (tertiary/aromatic N) is 5. The summed E-state index contributed by atoms with van der Waals surface area (Å²) in [7, 11) is 0. The lowest BCUT2D eigenvalue weighted by atomic mass is 10.3. The monoisotopic (exact) mass is 356 g/mol. The van der Waals surface area contributed by atoms with Crippen molar-refractivity contribution in [3.05, 3.63) is 29.9 Å². The molecule has 0 aromatic carbocycles. The quantitative estimate of drug-likeness (QED) is 0.687. The molecule has 1 aliphatic heterocycles. The first-order valence-corrected chi connectivity index (χ1v) is 8.54. The van der Waals surface area contributed by atoms with Crippen molar-refractivity contribution < 1.29 is 9.84 Å². The number of thiophene rings is 1. The molecule has 3 N–H and O–H groups in total. The number of aromatic nitrogens is 4. The van der Waals surface area contributed by atoms with Crippen molar-refractivity contribution >= 4 is 39.1 Å². The summed E-state index contributed by atoms with van der Waals surface area (Å²) in [5, 5.41) is 9.74. The molecule has 0 amide bonds. The van der Waals surface area contributed by atoms with E-state index in [2.05, 4.69) is 26.4 Å². The van der Waals surface area contributed by atoms with E-state index in [0.29, 0.717) is 29.5 Å². The van der Waals surface area contributed by atoms with Crippen molar-refractivity contribution in [3.8, 4) is 11.4 Å². The second-order valence-electron chi connectivity index (χ2n) is 5.57. The van der Waals surface area contributed by atoms with E-state index < -0.39 is 0 Å². The van der Waals surface area contributed by atoms with Crippen LogP contribution in [0.3, 0.4) is 0 Å². The van der Waals surface area contributed by atoms with Gasteiger partial charge in [0.1, 0.15) is 5.76 Å². The number of nitrogen functional groups attached to an aromatic ring is 1. The highest BCUT2D eigenvalue weighted by molar-refractivity contribution is 7.20. The van der Waals surface area contributed by atoms with Crippen molar-refractivity contribution in [2.75, 3.05) is 36.9 Å². The number of morpholine rings is 1. The van der Waals surface area contributed by atoms with Gasteiger partial charge in [-0.25, -0.2) is 19.9 Å². The van der Waals surface area contributed by atoms with Gasteiger partial charge in [0.2, 0.25) is 5.95 Å². The number of fused-ring (bicyclic) bond motifs is 1. The highest BCUT2D eigenvalue weighted by Crippen LogP contribution is 2.35. The Labute approximate surface area is 147 Å². The molecule has 4 rings (SSSR count). The molecule has 1 aliphatic rings. The van der Waals surface area contributed by atoms with E-state index in [9.17, 15) is 5.11 Å². The molecule has 4 heterocycles. The van der Waals surface area contributed by atoms with Crippen LogP contribution in [0.5, 0.6) is 0 Å². The zero-order valence-electron chi connectivity index (χ0n) is 13.3. The van der Waals surface area contributed by atoms with Crippen LogP contribution in [-0.4, -0.2) is 51.3 Å². The molecule has 3 aromatic rings. The first-order valence-electron chi connectivity index (χ1n) is 7.72. The van der Waals surface area contributed by atoms with Gasteiger partial charge in [-0.2, -0.15) is 0 Å². The smallest absolute Gasteiger partial charge is 0.219 e. The average molecular weight is 356 g/mol. The molecule has 3 aromatic heterocycles. The number of anilines is 2. The molecule has 0 bridgehead atoms. The molecule has 9 heteroatoms. The number of hydrogen-bond acceptors (Lipinski definition) is 9. The highest BCUT2D eigenvalue weighted by Gasteiger charge is 2.20. The summed E-state index contributed by atoms with van der Waals surface area (Å²) < 4.78 is 6.34. The number of aliphatic hydroxyl groups excluding tert-OH is 1. The van der Waals surface area contributed by atoms with Crippen molar-refractivity contribution in [1.29, 1.82) is 0 Å². The standard InChI is InChI=1S/C16H16N6O2S/c1-9(23)12-6-11-13(25-12)15(22-2-4-24-5-3-22)21-14(20-11)10-7-18-16(17)19-8-10/h6-8,23H,1-5H2,(H2,17,18,19). The van der Waals surface area contributed by atoms with Crippen molar-refractivity contribution in [3.63, 3.8) is 0 Å². The van der Waals surface area contributed by atoms with Gasteiger partial charge in [0.05, 0.1) is 33.9 Å². The Bertz CT molecular complexity index is 934. The molecule has 0 unspecified atom stereocenters. The molecule has 0 aliphatic carbocycles. The van der Waals surface area contributed by atoms with E-state index in [4.69, 9.17) is 15.5 Å². The van der Waals surface area contributed by atoms with Crippen molar-refractivity contribution in [2.24, 2.45) is 0 Å². The van der Waals surface area contributed by atoms with Crippen molar-refractivity contribution in [1.82, 2.24) is 19.9 Å². The summed E-state index contributed by atoms with van der Waals surface area (Å²) in [6.45, 7) is 6.40. The second kappa shape index (κ2) is 6.26. The van der Waals surface area contributed by atoms with Crippen LogP contribution in [0.15, 0.2) is 25.0 Å². The molecule has 0 atom stereocenters. The Morgan fingerprint density at radius 2 is 1.96 bits per heavy atom. The summed E-state index contributed by atoms with van der Waals surface area (Å²) in [5.41, 5.74) is 6.99. The van der Waals surface area contributed by atoms with Gasteiger partial charge in [-0.1, -0.05) is 6.58 Å². The average Bonchev–Trinajstić information content (AvgIpc) is 3.07. The highest BCUT2D eigenvalue weighted by atomic mass is 32.1. The maximum absolute atomic E-state index is 9.74. The lowest BCUT2D eigenvalue weighted by Crippen LogP contribution is -2.36. The molecule has 0 saturated carbocycles. The summed E-state index contributed by atoms with van der Waals surface area (Å²) in [6.07, 6.45) is 3.20. The largest absolute Gasteiger partial charge is 0.507 e. The summed E-state index contributed by atoms with van der Waals surface area (Å²) in [6, 6.07) is 1.82. The fraction of sp³-hybridized carbons (Fsp3) is 0.250. The van der Waals surface area contributed by atoms with Gasteiger partial charge in [-0.05, 0) is 6.07 Å². The van der Waals surface area contributed by atoms with Crippen LogP contribution in [0.1, 0.15) is 4.88 Å². The Balaban J connectivity index is 1.89. The molecular weight excluding hydrogens is 340 g/mol. The molecule has 0 spiro atoms. The fourth-order valence-corrected chi connectivity index (χ4v) is 3.61. The Morgan fingerprint density at radius 1 is 1.24 bits per heavy atom. The molecule has 1 fully saturated rings. The molecule has 0 radical (unpaired) electrons. The van der Waals surface area contributed by atoms with Crippen LogP contribution in [0, 0.1) is 0 Å². The van der Waals surface area contributed by atoms with Crippen LogP contribution in [-0.2, 0) is 4.74 Å². The lowest BCUT2D eigenvalue weighted by molar-refractivity contribution is 0.122. The normalized spacial score (nSPS) is 14.8. The molecule has 25 heavy (non-hydrogen) atoms. The van der Waals surface area contributed by atoms with Crippen LogP contribution >= 0.6 is 11.3 Å². The van der Waals surface area contributed by atoms with E-state index >= 15 is 0 Å². The zero-order valence-corrected chi connectivity index (χ0v) is 14.2.